The van der Waals surface area contributed by atoms with E-state index in [4.69, 9.17) is 0 Å². The Morgan fingerprint density at radius 3 is 2.86 bits per heavy atom. The van der Waals surface area contributed by atoms with Gasteiger partial charge in [0.1, 0.15) is 5.82 Å². The van der Waals surface area contributed by atoms with Crippen LogP contribution in [-0.4, -0.2) is 41.0 Å². The number of hydrogen-bond donors (Lipinski definition) is 1. The SMILES string of the molecule is [O-][n+]1ccccc1N1CCN(Cc2nc3cscc3[nH]2)CC1. The van der Waals surface area contributed by atoms with Crippen LogP contribution in [0.2, 0.25) is 0 Å². The van der Waals surface area contributed by atoms with Crippen LogP contribution in [-0.2, 0) is 6.54 Å². The molecule has 4 heterocycles. The lowest BCUT2D eigenvalue weighted by molar-refractivity contribution is -0.592. The molecule has 3 aromatic heterocycles. The molecule has 3 aromatic rings. The van der Waals surface area contributed by atoms with Crippen molar-refractivity contribution >= 4 is 28.2 Å². The largest absolute Gasteiger partial charge is 0.711 e. The second-order valence-electron chi connectivity index (χ2n) is 5.50. The number of thiophene rings is 1. The van der Waals surface area contributed by atoms with Crippen molar-refractivity contribution in [1.82, 2.24) is 14.9 Å². The number of aromatic amines is 1. The van der Waals surface area contributed by atoms with E-state index in [0.717, 1.165) is 60.1 Å². The van der Waals surface area contributed by atoms with Gasteiger partial charge < -0.3 is 10.2 Å². The van der Waals surface area contributed by atoms with Crippen LogP contribution in [0.3, 0.4) is 0 Å². The normalized spacial score (nSPS) is 16.5. The third-order valence-corrected chi connectivity index (χ3v) is 4.78. The number of fused-ring (bicyclic) bond motifs is 1. The molecule has 0 aliphatic carbocycles. The van der Waals surface area contributed by atoms with Crippen LogP contribution in [0.5, 0.6) is 0 Å². The van der Waals surface area contributed by atoms with Crippen molar-refractivity contribution in [3.8, 4) is 0 Å². The highest BCUT2D eigenvalue weighted by molar-refractivity contribution is 7.09. The maximum atomic E-state index is 11.8. The third kappa shape index (κ3) is 2.53. The highest BCUT2D eigenvalue weighted by Gasteiger charge is 2.24. The van der Waals surface area contributed by atoms with Crippen LogP contribution >= 0.6 is 11.3 Å². The topological polar surface area (TPSA) is 62.1 Å². The van der Waals surface area contributed by atoms with Gasteiger partial charge in [-0.25, -0.2) is 9.71 Å². The number of imidazole rings is 1. The maximum Gasteiger partial charge on any atom is 0.279 e. The zero-order chi connectivity index (χ0) is 14.9. The molecule has 0 saturated carbocycles. The molecule has 1 aliphatic rings. The number of piperazine rings is 1. The predicted octanol–water partition coefficient (Wildman–Crippen LogP) is 1.58. The molecule has 0 atom stereocenters. The molecule has 1 saturated heterocycles. The monoisotopic (exact) mass is 315 g/mol. The van der Waals surface area contributed by atoms with Crippen LogP contribution in [0.4, 0.5) is 5.82 Å². The molecule has 114 valence electrons. The van der Waals surface area contributed by atoms with Crippen LogP contribution in [0, 0.1) is 5.21 Å². The highest BCUT2D eigenvalue weighted by atomic mass is 32.1. The summed E-state index contributed by atoms with van der Waals surface area (Å²) in [4.78, 5) is 12.5. The molecule has 7 heteroatoms. The van der Waals surface area contributed by atoms with Crippen LogP contribution in [0.15, 0.2) is 35.2 Å². The minimum Gasteiger partial charge on any atom is -0.711 e. The van der Waals surface area contributed by atoms with Gasteiger partial charge in [0.25, 0.3) is 5.82 Å². The van der Waals surface area contributed by atoms with E-state index < -0.39 is 0 Å². The first-order chi connectivity index (χ1) is 10.8. The Hall–Kier alpha value is -2.12. The lowest BCUT2D eigenvalue weighted by atomic mass is 10.3. The van der Waals surface area contributed by atoms with Gasteiger partial charge in [-0.3, -0.25) is 9.80 Å². The molecular formula is C15H17N5OS. The van der Waals surface area contributed by atoms with Gasteiger partial charge in [-0.1, -0.05) is 6.07 Å². The zero-order valence-electron chi connectivity index (χ0n) is 12.1. The van der Waals surface area contributed by atoms with Crippen molar-refractivity contribution in [2.24, 2.45) is 0 Å². The van der Waals surface area contributed by atoms with Crippen molar-refractivity contribution in [3.63, 3.8) is 0 Å². The van der Waals surface area contributed by atoms with E-state index in [9.17, 15) is 5.21 Å². The Morgan fingerprint density at radius 1 is 1.23 bits per heavy atom. The fraction of sp³-hybridized carbons (Fsp3) is 0.333. The quantitative estimate of drug-likeness (QED) is 0.589. The predicted molar refractivity (Wildman–Crippen MR) is 86.9 cm³/mol. The summed E-state index contributed by atoms with van der Waals surface area (Å²) in [6, 6.07) is 5.55. The lowest BCUT2D eigenvalue weighted by Crippen LogP contribution is -2.49. The Balaban J connectivity index is 1.39. The van der Waals surface area contributed by atoms with E-state index in [1.54, 1.807) is 23.6 Å². The molecule has 1 aliphatic heterocycles. The number of nitrogens with zero attached hydrogens (tertiary/aromatic N) is 4. The van der Waals surface area contributed by atoms with Gasteiger partial charge in [0, 0.05) is 29.9 Å². The zero-order valence-corrected chi connectivity index (χ0v) is 12.9. The Labute approximate surface area is 132 Å². The number of anilines is 1. The first kappa shape index (κ1) is 13.5. The van der Waals surface area contributed by atoms with Crippen LogP contribution in [0.25, 0.3) is 11.0 Å². The Bertz CT molecular complexity index is 746. The van der Waals surface area contributed by atoms with Crippen molar-refractivity contribution in [1.29, 1.82) is 0 Å². The smallest absolute Gasteiger partial charge is 0.279 e. The molecule has 0 amide bonds. The molecule has 6 nitrogen and oxygen atoms in total. The number of nitrogens with one attached hydrogen (secondary N) is 1. The molecule has 0 bridgehead atoms. The highest BCUT2D eigenvalue weighted by Crippen LogP contribution is 2.18. The van der Waals surface area contributed by atoms with Gasteiger partial charge in [-0.2, -0.15) is 0 Å². The molecule has 0 unspecified atom stereocenters. The summed E-state index contributed by atoms with van der Waals surface area (Å²) in [7, 11) is 0. The van der Waals surface area contributed by atoms with Crippen molar-refractivity contribution in [2.75, 3.05) is 31.1 Å². The van der Waals surface area contributed by atoms with Crippen molar-refractivity contribution < 1.29 is 4.73 Å². The van der Waals surface area contributed by atoms with Gasteiger partial charge >= 0.3 is 0 Å². The standard InChI is InChI=1S/C15H17N5OS/c21-20-4-2-1-3-15(20)19-7-5-18(6-8-19)9-14-16-12-10-22-11-13(12)17-14/h1-4,10-11H,5-9H2,(H,16,17). The molecule has 22 heavy (non-hydrogen) atoms. The maximum absolute atomic E-state index is 11.8. The fourth-order valence-corrected chi connectivity index (χ4v) is 3.58. The summed E-state index contributed by atoms with van der Waals surface area (Å²) in [6.45, 7) is 4.42. The van der Waals surface area contributed by atoms with E-state index in [1.165, 1.54) is 0 Å². The molecule has 0 spiro atoms. The number of hydrogen-bond acceptors (Lipinski definition) is 5. The van der Waals surface area contributed by atoms with E-state index >= 15 is 0 Å². The summed E-state index contributed by atoms with van der Waals surface area (Å²) >= 11 is 1.67. The number of aromatic nitrogens is 3. The van der Waals surface area contributed by atoms with E-state index in [1.807, 2.05) is 12.1 Å². The van der Waals surface area contributed by atoms with Crippen molar-refractivity contribution in [2.45, 2.75) is 6.54 Å². The van der Waals surface area contributed by atoms with Gasteiger partial charge in [-0.05, 0) is 6.07 Å². The number of rotatable bonds is 3. The number of pyridine rings is 1. The average molecular weight is 315 g/mol. The molecule has 1 fully saturated rings. The van der Waals surface area contributed by atoms with Crippen LogP contribution < -0.4 is 9.63 Å². The molecule has 0 radical (unpaired) electrons. The summed E-state index contributed by atoms with van der Waals surface area (Å²) < 4.78 is 0.941. The Kier molecular flexibility index (Phi) is 3.44. The Morgan fingerprint density at radius 2 is 2.09 bits per heavy atom. The second-order valence-corrected chi connectivity index (χ2v) is 6.25. The van der Waals surface area contributed by atoms with Gasteiger partial charge in [0.15, 0.2) is 0 Å². The lowest BCUT2D eigenvalue weighted by Gasteiger charge is -2.31. The molecule has 0 aromatic carbocycles. The molecule has 4 rings (SSSR count). The van der Waals surface area contributed by atoms with Crippen LogP contribution in [0.1, 0.15) is 5.82 Å². The van der Waals surface area contributed by atoms with E-state index in [2.05, 4.69) is 30.5 Å². The summed E-state index contributed by atoms with van der Waals surface area (Å²) in [5.74, 6) is 1.75. The van der Waals surface area contributed by atoms with Crippen molar-refractivity contribution in [3.05, 3.63) is 46.2 Å². The summed E-state index contributed by atoms with van der Waals surface area (Å²) in [5.41, 5.74) is 2.17. The van der Waals surface area contributed by atoms with E-state index in [-0.39, 0.29) is 0 Å². The first-order valence-electron chi connectivity index (χ1n) is 7.36. The minimum absolute atomic E-state index is 0.736. The minimum atomic E-state index is 0.736. The van der Waals surface area contributed by atoms with Gasteiger partial charge in [-0.15, -0.1) is 11.3 Å². The third-order valence-electron chi connectivity index (χ3n) is 4.05. The van der Waals surface area contributed by atoms with Gasteiger partial charge in [0.2, 0.25) is 0 Å². The van der Waals surface area contributed by atoms with Gasteiger partial charge in [0.05, 0.1) is 36.9 Å². The number of H-pyrrole nitrogens is 1. The molecular weight excluding hydrogens is 298 g/mol. The summed E-state index contributed by atoms with van der Waals surface area (Å²) in [5, 5.41) is 16.0. The molecule has 1 N–H and O–H groups in total. The second kappa shape index (κ2) is 5.58. The fourth-order valence-electron chi connectivity index (χ4n) is 2.89. The first-order valence-corrected chi connectivity index (χ1v) is 8.30. The summed E-state index contributed by atoms with van der Waals surface area (Å²) in [6.07, 6.45) is 1.55. The average Bonchev–Trinajstić information content (AvgIpc) is 3.10. The van der Waals surface area contributed by atoms with E-state index in [0.29, 0.717) is 0 Å².